The van der Waals surface area contributed by atoms with Gasteiger partial charge in [0.2, 0.25) is 5.95 Å². The Hall–Kier alpha value is -2.63. The first-order chi connectivity index (χ1) is 11.6. The number of nitrogens with one attached hydrogen (secondary N) is 1. The fourth-order valence-corrected chi connectivity index (χ4v) is 2.45. The fourth-order valence-electron chi connectivity index (χ4n) is 2.45. The minimum absolute atomic E-state index is 0.0779. The van der Waals surface area contributed by atoms with E-state index in [9.17, 15) is 4.79 Å². The predicted molar refractivity (Wildman–Crippen MR) is 94.3 cm³/mol. The molecule has 0 spiro atoms. The third kappa shape index (κ3) is 4.22. The van der Waals surface area contributed by atoms with E-state index in [-0.39, 0.29) is 5.91 Å². The monoisotopic (exact) mass is 328 g/mol. The molecule has 0 aliphatic heterocycles. The molecule has 0 atom stereocenters. The second kappa shape index (κ2) is 8.29. The zero-order chi connectivity index (χ0) is 17.5. The molecule has 1 heterocycles. The van der Waals surface area contributed by atoms with E-state index in [1.165, 1.54) is 0 Å². The number of ether oxygens (including phenoxy) is 1. The first-order valence-corrected chi connectivity index (χ1v) is 8.09. The predicted octanol–water partition coefficient (Wildman–Crippen LogP) is 2.89. The van der Waals surface area contributed by atoms with Gasteiger partial charge in [-0.25, -0.2) is 9.97 Å². The van der Waals surface area contributed by atoms with Crippen LogP contribution in [0.2, 0.25) is 0 Å². The third-order valence-electron chi connectivity index (χ3n) is 3.75. The molecule has 0 radical (unpaired) electrons. The SMILES string of the molecule is CCN(CC)C(=O)c1cc(C)nc(NCc2ccccc2OC)n1. The number of aryl methyl sites for hydroxylation is 1. The van der Waals surface area contributed by atoms with Gasteiger partial charge in [0.15, 0.2) is 0 Å². The van der Waals surface area contributed by atoms with Gasteiger partial charge in [-0.1, -0.05) is 18.2 Å². The van der Waals surface area contributed by atoms with Crippen molar-refractivity contribution in [3.63, 3.8) is 0 Å². The Morgan fingerprint density at radius 2 is 1.92 bits per heavy atom. The highest BCUT2D eigenvalue weighted by Gasteiger charge is 2.16. The molecule has 0 aliphatic rings. The van der Waals surface area contributed by atoms with E-state index in [2.05, 4.69) is 15.3 Å². The Morgan fingerprint density at radius 3 is 2.58 bits per heavy atom. The number of carbonyl (C=O) groups excluding carboxylic acids is 1. The van der Waals surface area contributed by atoms with E-state index < -0.39 is 0 Å². The van der Waals surface area contributed by atoms with Crippen LogP contribution in [0.5, 0.6) is 5.75 Å². The van der Waals surface area contributed by atoms with Gasteiger partial charge in [-0.3, -0.25) is 4.79 Å². The van der Waals surface area contributed by atoms with E-state index in [0.717, 1.165) is 17.0 Å². The molecular weight excluding hydrogens is 304 g/mol. The van der Waals surface area contributed by atoms with Crippen molar-refractivity contribution in [2.24, 2.45) is 0 Å². The van der Waals surface area contributed by atoms with Crippen molar-refractivity contribution in [1.29, 1.82) is 0 Å². The van der Waals surface area contributed by atoms with Gasteiger partial charge in [0, 0.05) is 30.9 Å². The molecule has 0 aliphatic carbocycles. The fraction of sp³-hybridized carbons (Fsp3) is 0.389. The number of amides is 1. The minimum Gasteiger partial charge on any atom is -0.496 e. The maximum atomic E-state index is 12.5. The maximum Gasteiger partial charge on any atom is 0.272 e. The number of hydrogen-bond donors (Lipinski definition) is 1. The number of rotatable bonds is 7. The van der Waals surface area contributed by atoms with E-state index in [1.54, 1.807) is 18.1 Å². The van der Waals surface area contributed by atoms with Crippen molar-refractivity contribution in [3.05, 3.63) is 47.3 Å². The lowest BCUT2D eigenvalue weighted by molar-refractivity contribution is 0.0767. The van der Waals surface area contributed by atoms with Gasteiger partial charge in [0.05, 0.1) is 7.11 Å². The standard InChI is InChI=1S/C18H24N4O2/c1-5-22(6-2)17(23)15-11-13(3)20-18(21-15)19-12-14-9-7-8-10-16(14)24-4/h7-11H,5-6,12H2,1-4H3,(H,19,20,21). The van der Waals surface area contributed by atoms with E-state index in [0.29, 0.717) is 31.3 Å². The van der Waals surface area contributed by atoms with Crippen molar-refractivity contribution in [2.75, 3.05) is 25.5 Å². The number of para-hydroxylation sites is 1. The van der Waals surface area contributed by atoms with Crippen LogP contribution in [0.3, 0.4) is 0 Å². The smallest absolute Gasteiger partial charge is 0.272 e. The van der Waals surface area contributed by atoms with Crippen molar-refractivity contribution < 1.29 is 9.53 Å². The van der Waals surface area contributed by atoms with Gasteiger partial charge in [-0.2, -0.15) is 0 Å². The number of benzene rings is 1. The average Bonchev–Trinajstić information content (AvgIpc) is 2.60. The van der Waals surface area contributed by atoms with Crippen molar-refractivity contribution in [2.45, 2.75) is 27.3 Å². The summed E-state index contributed by atoms with van der Waals surface area (Å²) in [4.78, 5) is 22.9. The van der Waals surface area contributed by atoms with Crippen LogP contribution in [0, 0.1) is 6.92 Å². The minimum atomic E-state index is -0.0779. The summed E-state index contributed by atoms with van der Waals surface area (Å²) in [5, 5.41) is 3.17. The van der Waals surface area contributed by atoms with Gasteiger partial charge >= 0.3 is 0 Å². The van der Waals surface area contributed by atoms with Crippen LogP contribution in [0.4, 0.5) is 5.95 Å². The van der Waals surface area contributed by atoms with Crippen LogP contribution in [0.1, 0.15) is 35.6 Å². The number of anilines is 1. The lowest BCUT2D eigenvalue weighted by atomic mass is 10.2. The van der Waals surface area contributed by atoms with Gasteiger partial charge < -0.3 is 15.0 Å². The topological polar surface area (TPSA) is 67.4 Å². The summed E-state index contributed by atoms with van der Waals surface area (Å²) in [5.74, 6) is 1.17. The van der Waals surface area contributed by atoms with E-state index in [1.807, 2.05) is 45.0 Å². The van der Waals surface area contributed by atoms with Crippen LogP contribution in [-0.4, -0.2) is 41.0 Å². The maximum absolute atomic E-state index is 12.5. The number of methoxy groups -OCH3 is 1. The summed E-state index contributed by atoms with van der Waals surface area (Å²) in [6.45, 7) is 7.60. The Bertz CT molecular complexity index is 699. The number of aromatic nitrogens is 2. The van der Waals surface area contributed by atoms with Crippen LogP contribution >= 0.6 is 0 Å². The van der Waals surface area contributed by atoms with Gasteiger partial charge in [0.1, 0.15) is 11.4 Å². The van der Waals surface area contributed by atoms with E-state index in [4.69, 9.17) is 4.74 Å². The molecule has 0 fully saturated rings. The molecule has 6 heteroatoms. The molecule has 1 aromatic heterocycles. The van der Waals surface area contributed by atoms with Gasteiger partial charge in [0.25, 0.3) is 5.91 Å². The Kier molecular flexibility index (Phi) is 6.12. The summed E-state index contributed by atoms with van der Waals surface area (Å²) in [5.41, 5.74) is 2.17. The zero-order valence-electron chi connectivity index (χ0n) is 14.7. The second-order valence-corrected chi connectivity index (χ2v) is 5.36. The van der Waals surface area contributed by atoms with Crippen LogP contribution in [-0.2, 0) is 6.54 Å². The molecule has 24 heavy (non-hydrogen) atoms. The summed E-state index contributed by atoms with van der Waals surface area (Å²) < 4.78 is 5.34. The molecule has 1 amide bonds. The number of hydrogen-bond acceptors (Lipinski definition) is 5. The molecule has 128 valence electrons. The Balaban J connectivity index is 2.18. The molecule has 0 bridgehead atoms. The molecule has 6 nitrogen and oxygen atoms in total. The number of carbonyl (C=O) groups is 1. The largest absolute Gasteiger partial charge is 0.496 e. The molecule has 2 rings (SSSR count). The van der Waals surface area contributed by atoms with Gasteiger partial charge in [-0.15, -0.1) is 0 Å². The van der Waals surface area contributed by atoms with Crippen molar-refractivity contribution in [3.8, 4) is 5.75 Å². The third-order valence-corrected chi connectivity index (χ3v) is 3.75. The molecule has 2 aromatic rings. The van der Waals surface area contributed by atoms with Crippen molar-refractivity contribution >= 4 is 11.9 Å². The number of nitrogens with zero attached hydrogens (tertiary/aromatic N) is 3. The highest BCUT2D eigenvalue weighted by Crippen LogP contribution is 2.18. The summed E-state index contributed by atoms with van der Waals surface area (Å²) in [6.07, 6.45) is 0. The van der Waals surface area contributed by atoms with Crippen LogP contribution in [0.15, 0.2) is 30.3 Å². The normalized spacial score (nSPS) is 10.3. The first kappa shape index (κ1) is 17.7. The van der Waals surface area contributed by atoms with Crippen molar-refractivity contribution in [1.82, 2.24) is 14.9 Å². The lowest BCUT2D eigenvalue weighted by Crippen LogP contribution is -2.31. The molecule has 0 saturated heterocycles. The Morgan fingerprint density at radius 1 is 1.21 bits per heavy atom. The van der Waals surface area contributed by atoms with Crippen LogP contribution in [0.25, 0.3) is 0 Å². The molecule has 0 saturated carbocycles. The quantitative estimate of drug-likeness (QED) is 0.846. The summed E-state index contributed by atoms with van der Waals surface area (Å²) in [6, 6.07) is 9.47. The van der Waals surface area contributed by atoms with Crippen LogP contribution < -0.4 is 10.1 Å². The molecule has 1 aromatic carbocycles. The highest BCUT2D eigenvalue weighted by molar-refractivity contribution is 5.92. The van der Waals surface area contributed by atoms with E-state index >= 15 is 0 Å². The highest BCUT2D eigenvalue weighted by atomic mass is 16.5. The first-order valence-electron chi connectivity index (χ1n) is 8.09. The Labute approximate surface area is 142 Å². The lowest BCUT2D eigenvalue weighted by Gasteiger charge is -2.18. The molecular formula is C18H24N4O2. The summed E-state index contributed by atoms with van der Waals surface area (Å²) >= 11 is 0. The second-order valence-electron chi connectivity index (χ2n) is 5.36. The molecule has 0 unspecified atom stereocenters. The summed E-state index contributed by atoms with van der Waals surface area (Å²) in [7, 11) is 1.64. The van der Waals surface area contributed by atoms with Gasteiger partial charge in [-0.05, 0) is 32.9 Å². The zero-order valence-corrected chi connectivity index (χ0v) is 14.7. The average molecular weight is 328 g/mol. The molecule has 1 N–H and O–H groups in total.